The summed E-state index contributed by atoms with van der Waals surface area (Å²) in [7, 11) is 0. The molecule has 2 nitrogen and oxygen atoms in total. The lowest BCUT2D eigenvalue weighted by atomic mass is 10.3. The fourth-order valence-electron chi connectivity index (χ4n) is 1.36. The molecule has 0 amide bonds. The Bertz CT molecular complexity index is 505. The first-order valence-corrected chi connectivity index (χ1v) is 5.42. The summed E-state index contributed by atoms with van der Waals surface area (Å²) in [5.41, 5.74) is 1.90. The van der Waals surface area contributed by atoms with Crippen molar-refractivity contribution in [3.63, 3.8) is 0 Å². The molecule has 0 saturated carbocycles. The lowest BCUT2D eigenvalue weighted by Gasteiger charge is -1.96. The number of imidazole rings is 1. The van der Waals surface area contributed by atoms with Crippen molar-refractivity contribution in [3.8, 4) is 11.8 Å². The van der Waals surface area contributed by atoms with Crippen LogP contribution in [0, 0.1) is 11.8 Å². The molecule has 2 rings (SSSR count). The summed E-state index contributed by atoms with van der Waals surface area (Å²) < 4.78 is 1.98. The SMILES string of the molecule is ClCCCC#Cc1cccc2nccn12. The minimum absolute atomic E-state index is 0.671. The molecule has 0 aromatic carbocycles. The number of rotatable bonds is 2. The molecule has 15 heavy (non-hydrogen) atoms. The molecule has 0 spiro atoms. The van der Waals surface area contributed by atoms with Gasteiger partial charge in [-0.25, -0.2) is 4.98 Å². The molecule has 0 unspecified atom stereocenters. The lowest BCUT2D eigenvalue weighted by molar-refractivity contribution is 0.990. The van der Waals surface area contributed by atoms with Crippen LogP contribution in [0.2, 0.25) is 0 Å². The van der Waals surface area contributed by atoms with Gasteiger partial charge >= 0.3 is 0 Å². The first-order chi connectivity index (χ1) is 7.42. The van der Waals surface area contributed by atoms with Crippen molar-refractivity contribution >= 4 is 17.2 Å². The molecule has 0 aliphatic heterocycles. The maximum Gasteiger partial charge on any atom is 0.137 e. The highest BCUT2D eigenvalue weighted by Crippen LogP contribution is 2.04. The van der Waals surface area contributed by atoms with Crippen LogP contribution >= 0.6 is 11.6 Å². The van der Waals surface area contributed by atoms with Crippen molar-refractivity contribution < 1.29 is 0 Å². The summed E-state index contributed by atoms with van der Waals surface area (Å²) in [5, 5.41) is 0. The van der Waals surface area contributed by atoms with Crippen molar-refractivity contribution in [2.45, 2.75) is 12.8 Å². The number of hydrogen-bond acceptors (Lipinski definition) is 1. The van der Waals surface area contributed by atoms with Crippen LogP contribution in [0.3, 0.4) is 0 Å². The van der Waals surface area contributed by atoms with E-state index >= 15 is 0 Å². The van der Waals surface area contributed by atoms with E-state index in [0.29, 0.717) is 5.88 Å². The van der Waals surface area contributed by atoms with E-state index in [2.05, 4.69) is 16.8 Å². The van der Waals surface area contributed by atoms with Crippen LogP contribution in [-0.4, -0.2) is 15.3 Å². The van der Waals surface area contributed by atoms with Crippen LogP contribution in [-0.2, 0) is 0 Å². The number of aromatic nitrogens is 2. The second-order valence-corrected chi connectivity index (χ2v) is 3.54. The lowest BCUT2D eigenvalue weighted by Crippen LogP contribution is -1.89. The second kappa shape index (κ2) is 4.86. The number of fused-ring (bicyclic) bond motifs is 1. The normalized spacial score (nSPS) is 9.93. The third kappa shape index (κ3) is 2.31. The van der Waals surface area contributed by atoms with Gasteiger partial charge in [-0.2, -0.15) is 0 Å². The molecular formula is C12H11ClN2. The number of unbranched alkanes of at least 4 members (excludes halogenated alkanes) is 1. The highest BCUT2D eigenvalue weighted by Gasteiger charge is 1.95. The molecule has 2 aromatic rings. The number of pyridine rings is 1. The van der Waals surface area contributed by atoms with Crippen LogP contribution in [0.1, 0.15) is 18.5 Å². The summed E-state index contributed by atoms with van der Waals surface area (Å²) in [6.45, 7) is 0. The zero-order valence-electron chi connectivity index (χ0n) is 8.28. The monoisotopic (exact) mass is 218 g/mol. The molecular weight excluding hydrogens is 208 g/mol. The van der Waals surface area contributed by atoms with Crippen LogP contribution in [0.15, 0.2) is 30.6 Å². The Labute approximate surface area is 93.9 Å². The summed E-state index contributed by atoms with van der Waals surface area (Å²) in [5.74, 6) is 6.89. The minimum Gasteiger partial charge on any atom is -0.293 e. The molecule has 0 radical (unpaired) electrons. The van der Waals surface area contributed by atoms with Crippen molar-refractivity contribution in [2.75, 3.05) is 5.88 Å². The Morgan fingerprint density at radius 3 is 3.20 bits per heavy atom. The Kier molecular flexibility index (Phi) is 3.26. The second-order valence-electron chi connectivity index (χ2n) is 3.16. The van der Waals surface area contributed by atoms with Gasteiger partial charge in [0.15, 0.2) is 0 Å². The molecule has 2 aromatic heterocycles. The number of nitrogens with zero attached hydrogens (tertiary/aromatic N) is 2. The van der Waals surface area contributed by atoms with Crippen LogP contribution in [0.25, 0.3) is 5.65 Å². The zero-order valence-corrected chi connectivity index (χ0v) is 9.04. The molecule has 0 N–H and O–H groups in total. The first-order valence-electron chi connectivity index (χ1n) is 4.89. The maximum atomic E-state index is 5.58. The minimum atomic E-state index is 0.671. The van der Waals surface area contributed by atoms with Gasteiger partial charge in [-0.05, 0) is 24.5 Å². The van der Waals surface area contributed by atoms with Gasteiger partial charge in [0.25, 0.3) is 0 Å². The quantitative estimate of drug-likeness (QED) is 0.431. The fourth-order valence-corrected chi connectivity index (χ4v) is 1.49. The molecule has 0 aliphatic carbocycles. The average Bonchev–Trinajstić information content (AvgIpc) is 2.73. The van der Waals surface area contributed by atoms with Gasteiger partial charge < -0.3 is 0 Å². The van der Waals surface area contributed by atoms with E-state index in [4.69, 9.17) is 11.6 Å². The first kappa shape index (κ1) is 10.1. The smallest absolute Gasteiger partial charge is 0.137 e. The summed E-state index contributed by atoms with van der Waals surface area (Å²) >= 11 is 5.58. The highest BCUT2D eigenvalue weighted by atomic mass is 35.5. The summed E-state index contributed by atoms with van der Waals surface area (Å²) in [4.78, 5) is 4.20. The maximum absolute atomic E-state index is 5.58. The topological polar surface area (TPSA) is 17.3 Å². The Morgan fingerprint density at radius 2 is 2.33 bits per heavy atom. The van der Waals surface area contributed by atoms with E-state index in [-0.39, 0.29) is 0 Å². The number of alkyl halides is 1. The van der Waals surface area contributed by atoms with Crippen molar-refractivity contribution in [2.24, 2.45) is 0 Å². The Balaban J connectivity index is 2.26. The summed E-state index contributed by atoms with van der Waals surface area (Å²) in [6, 6.07) is 5.92. The highest BCUT2D eigenvalue weighted by molar-refractivity contribution is 6.17. The van der Waals surface area contributed by atoms with Crippen molar-refractivity contribution in [1.29, 1.82) is 0 Å². The third-order valence-electron chi connectivity index (χ3n) is 2.08. The van der Waals surface area contributed by atoms with Crippen LogP contribution < -0.4 is 0 Å². The molecule has 0 aliphatic rings. The largest absolute Gasteiger partial charge is 0.293 e. The van der Waals surface area contributed by atoms with Gasteiger partial charge in [0.1, 0.15) is 5.65 Å². The van der Waals surface area contributed by atoms with Crippen LogP contribution in [0.4, 0.5) is 0 Å². The standard InChI is InChI=1S/C12H11ClN2/c13-8-3-1-2-5-11-6-4-7-12-14-9-10-15(11)12/h4,6-7,9-10H,1,3,8H2. The molecule has 0 saturated heterocycles. The third-order valence-corrected chi connectivity index (χ3v) is 2.35. The average molecular weight is 219 g/mol. The van der Waals surface area contributed by atoms with Gasteiger partial charge in [-0.3, -0.25) is 4.40 Å². The Hall–Kier alpha value is -1.46. The van der Waals surface area contributed by atoms with E-state index in [1.807, 2.05) is 28.8 Å². The fraction of sp³-hybridized carbons (Fsp3) is 0.250. The molecule has 0 bridgehead atoms. The summed E-state index contributed by atoms with van der Waals surface area (Å²) in [6.07, 6.45) is 5.48. The van der Waals surface area contributed by atoms with E-state index in [0.717, 1.165) is 24.2 Å². The Morgan fingerprint density at radius 1 is 1.40 bits per heavy atom. The zero-order chi connectivity index (χ0) is 10.5. The van der Waals surface area contributed by atoms with Gasteiger partial charge in [-0.1, -0.05) is 12.0 Å². The van der Waals surface area contributed by atoms with Gasteiger partial charge in [0, 0.05) is 24.7 Å². The van der Waals surface area contributed by atoms with Gasteiger partial charge in [0.05, 0.1) is 5.69 Å². The van der Waals surface area contributed by atoms with Crippen molar-refractivity contribution in [3.05, 3.63) is 36.3 Å². The molecule has 76 valence electrons. The van der Waals surface area contributed by atoms with Crippen molar-refractivity contribution in [1.82, 2.24) is 9.38 Å². The van der Waals surface area contributed by atoms with E-state index in [1.165, 1.54) is 0 Å². The predicted molar refractivity (Wildman–Crippen MR) is 62.0 cm³/mol. The van der Waals surface area contributed by atoms with E-state index < -0.39 is 0 Å². The molecule has 2 heterocycles. The predicted octanol–water partition coefficient (Wildman–Crippen LogP) is 2.70. The van der Waals surface area contributed by atoms with Gasteiger partial charge in [-0.15, -0.1) is 11.6 Å². The van der Waals surface area contributed by atoms with Crippen LogP contribution in [0.5, 0.6) is 0 Å². The van der Waals surface area contributed by atoms with E-state index in [9.17, 15) is 0 Å². The number of hydrogen-bond donors (Lipinski definition) is 0. The van der Waals surface area contributed by atoms with Gasteiger partial charge in [0.2, 0.25) is 0 Å². The van der Waals surface area contributed by atoms with E-state index in [1.54, 1.807) is 6.20 Å². The molecule has 0 atom stereocenters. The molecule has 3 heteroatoms. The molecule has 0 fully saturated rings. The number of halogens is 1.